The molecule has 8 nitrogen and oxygen atoms in total. The summed E-state index contributed by atoms with van der Waals surface area (Å²) in [5.74, 6) is 0.936. The van der Waals surface area contributed by atoms with Crippen molar-refractivity contribution in [1.82, 2.24) is 24.8 Å². The largest absolute Gasteiger partial charge is 0.355 e. The van der Waals surface area contributed by atoms with Gasteiger partial charge in [-0.05, 0) is 55.5 Å². The molecule has 0 saturated carbocycles. The van der Waals surface area contributed by atoms with Crippen molar-refractivity contribution < 1.29 is 4.79 Å². The van der Waals surface area contributed by atoms with Crippen LogP contribution in [-0.4, -0.2) is 43.8 Å². The monoisotopic (exact) mass is 435 g/mol. The van der Waals surface area contributed by atoms with Crippen LogP contribution < -0.4 is 10.2 Å². The lowest BCUT2D eigenvalue weighted by Gasteiger charge is -2.31. The quantitative estimate of drug-likeness (QED) is 0.494. The number of hydrogen-bond acceptors (Lipinski definition) is 7. The lowest BCUT2D eigenvalue weighted by Crippen LogP contribution is -2.38. The van der Waals surface area contributed by atoms with E-state index in [0.29, 0.717) is 5.13 Å². The van der Waals surface area contributed by atoms with Gasteiger partial charge in [-0.1, -0.05) is 30.7 Å². The summed E-state index contributed by atoms with van der Waals surface area (Å²) < 4.78 is 2.81. The number of hydrogen-bond donors (Lipinski definition) is 1. The summed E-state index contributed by atoms with van der Waals surface area (Å²) in [5, 5.41) is 16.2. The third-order valence-electron chi connectivity index (χ3n) is 5.84. The summed E-state index contributed by atoms with van der Waals surface area (Å²) in [7, 11) is 0. The molecule has 0 bridgehead atoms. The number of amides is 1. The minimum absolute atomic E-state index is 0.0120. The summed E-state index contributed by atoms with van der Waals surface area (Å²) in [6.07, 6.45) is 6.65. The van der Waals surface area contributed by atoms with E-state index in [4.69, 9.17) is 0 Å². The second-order valence-electron chi connectivity index (χ2n) is 8.00. The van der Waals surface area contributed by atoms with Gasteiger partial charge in [0, 0.05) is 19.0 Å². The number of nitrogens with zero attached hydrogens (tertiary/aromatic N) is 6. The van der Waals surface area contributed by atoms with Crippen LogP contribution in [0.25, 0.3) is 15.9 Å². The number of benzene rings is 1. The molecule has 0 unspecified atom stereocenters. The van der Waals surface area contributed by atoms with Gasteiger partial charge in [0.2, 0.25) is 5.91 Å². The zero-order chi connectivity index (χ0) is 21.2. The average molecular weight is 436 g/mol. The van der Waals surface area contributed by atoms with Gasteiger partial charge in [0.15, 0.2) is 10.8 Å². The number of aromatic nitrogens is 5. The van der Waals surface area contributed by atoms with E-state index in [2.05, 4.69) is 55.6 Å². The molecular formula is C22H25N7OS. The van der Waals surface area contributed by atoms with Gasteiger partial charge in [0.1, 0.15) is 12.1 Å². The van der Waals surface area contributed by atoms with E-state index in [1.165, 1.54) is 18.4 Å². The number of aryl methyl sites for hydroxylation is 1. The van der Waals surface area contributed by atoms with Gasteiger partial charge in [-0.2, -0.15) is 4.52 Å². The van der Waals surface area contributed by atoms with Gasteiger partial charge in [-0.25, -0.2) is 4.98 Å². The topological polar surface area (TPSA) is 88.3 Å². The molecule has 0 spiro atoms. The molecular weight excluding hydrogens is 410 g/mol. The normalized spacial score (nSPS) is 15.1. The zero-order valence-corrected chi connectivity index (χ0v) is 18.3. The zero-order valence-electron chi connectivity index (χ0n) is 17.5. The van der Waals surface area contributed by atoms with Crippen LogP contribution in [0.2, 0.25) is 0 Å². The molecule has 9 heteroatoms. The first kappa shape index (κ1) is 19.9. The molecule has 160 valence electrons. The van der Waals surface area contributed by atoms with Crippen LogP contribution in [0.3, 0.4) is 0 Å². The molecule has 4 aromatic rings. The fourth-order valence-corrected chi connectivity index (χ4v) is 4.96. The van der Waals surface area contributed by atoms with E-state index in [0.717, 1.165) is 54.0 Å². The van der Waals surface area contributed by atoms with Crippen LogP contribution in [0.4, 0.5) is 10.9 Å². The predicted octanol–water partition coefficient (Wildman–Crippen LogP) is 3.93. The predicted molar refractivity (Wildman–Crippen MR) is 123 cm³/mol. The molecule has 1 fully saturated rings. The lowest BCUT2D eigenvalue weighted by molar-refractivity contribution is -0.120. The molecule has 4 heterocycles. The molecule has 0 radical (unpaired) electrons. The fraction of sp³-hybridized carbons (Fsp3) is 0.409. The minimum atomic E-state index is -0.0120. The van der Waals surface area contributed by atoms with Gasteiger partial charge < -0.3 is 10.2 Å². The first-order chi connectivity index (χ1) is 15.2. The van der Waals surface area contributed by atoms with Gasteiger partial charge >= 0.3 is 0 Å². The summed E-state index contributed by atoms with van der Waals surface area (Å²) in [6, 6.07) is 10.3. The van der Waals surface area contributed by atoms with Gasteiger partial charge in [-0.3, -0.25) is 4.79 Å². The van der Waals surface area contributed by atoms with Crippen LogP contribution in [0.1, 0.15) is 38.2 Å². The second-order valence-corrected chi connectivity index (χ2v) is 9.03. The van der Waals surface area contributed by atoms with Gasteiger partial charge in [0.25, 0.3) is 0 Å². The van der Waals surface area contributed by atoms with E-state index in [1.807, 2.05) is 12.1 Å². The highest BCUT2D eigenvalue weighted by Gasteiger charge is 2.26. The number of unbranched alkanes of at least 4 members (excludes halogenated alkanes) is 1. The highest BCUT2D eigenvalue weighted by molar-refractivity contribution is 7.22. The van der Waals surface area contributed by atoms with Crippen molar-refractivity contribution in [3.63, 3.8) is 0 Å². The number of carbonyl (C=O) groups is 1. The molecule has 1 aromatic carbocycles. The highest BCUT2D eigenvalue weighted by atomic mass is 32.1. The molecule has 0 aliphatic carbocycles. The van der Waals surface area contributed by atoms with Gasteiger partial charge in [0.05, 0.1) is 10.2 Å². The van der Waals surface area contributed by atoms with Crippen LogP contribution in [0, 0.1) is 5.92 Å². The maximum atomic E-state index is 12.8. The number of thiazole rings is 1. The number of piperidine rings is 1. The third-order valence-corrected chi connectivity index (χ3v) is 6.77. The Labute approximate surface area is 184 Å². The van der Waals surface area contributed by atoms with Crippen LogP contribution in [-0.2, 0) is 11.2 Å². The van der Waals surface area contributed by atoms with Crippen molar-refractivity contribution in [2.45, 2.75) is 39.0 Å². The Bertz CT molecular complexity index is 1210. The Balaban J connectivity index is 1.20. The Kier molecular flexibility index (Phi) is 5.50. The Morgan fingerprint density at radius 1 is 1.23 bits per heavy atom. The van der Waals surface area contributed by atoms with Crippen molar-refractivity contribution in [3.8, 4) is 0 Å². The molecule has 0 atom stereocenters. The Morgan fingerprint density at radius 3 is 2.94 bits per heavy atom. The van der Waals surface area contributed by atoms with E-state index in [-0.39, 0.29) is 11.8 Å². The van der Waals surface area contributed by atoms with Crippen molar-refractivity contribution in [2.75, 3.05) is 23.3 Å². The standard InChI is InChI=1S/C22H25N7OS/c1-2-3-4-15-5-6-17-18(13-15)31-22(24-17)25-21(30)16-9-11-28(12-10-16)20-8-7-19-26-23-14-29(19)27-20/h5-8,13-14,16H,2-4,9-12H2,1H3,(H,24,25,30). The maximum Gasteiger partial charge on any atom is 0.229 e. The Morgan fingerprint density at radius 2 is 2.10 bits per heavy atom. The third kappa shape index (κ3) is 4.23. The molecule has 31 heavy (non-hydrogen) atoms. The Hall–Kier alpha value is -3.07. The molecule has 1 saturated heterocycles. The molecule has 5 rings (SSSR count). The van der Waals surface area contributed by atoms with Crippen molar-refractivity contribution >= 4 is 44.1 Å². The molecule has 3 aromatic heterocycles. The summed E-state index contributed by atoms with van der Waals surface area (Å²) >= 11 is 1.56. The summed E-state index contributed by atoms with van der Waals surface area (Å²) in [4.78, 5) is 19.7. The smallest absolute Gasteiger partial charge is 0.229 e. The lowest BCUT2D eigenvalue weighted by atomic mass is 9.96. The van der Waals surface area contributed by atoms with Gasteiger partial charge in [-0.15, -0.1) is 15.3 Å². The molecule has 1 aliphatic heterocycles. The number of nitrogens with one attached hydrogen (secondary N) is 1. The van der Waals surface area contributed by atoms with Crippen molar-refractivity contribution in [1.29, 1.82) is 0 Å². The maximum absolute atomic E-state index is 12.8. The van der Waals surface area contributed by atoms with Crippen LogP contribution in [0.5, 0.6) is 0 Å². The van der Waals surface area contributed by atoms with Crippen LogP contribution in [0.15, 0.2) is 36.7 Å². The summed E-state index contributed by atoms with van der Waals surface area (Å²) in [6.45, 7) is 3.79. The molecule has 1 N–H and O–H groups in total. The van der Waals surface area contributed by atoms with Crippen LogP contribution >= 0.6 is 11.3 Å². The van der Waals surface area contributed by atoms with E-state index >= 15 is 0 Å². The first-order valence-corrected chi connectivity index (χ1v) is 11.6. The number of rotatable bonds is 6. The number of carbonyl (C=O) groups excluding carboxylic acids is 1. The first-order valence-electron chi connectivity index (χ1n) is 10.8. The van der Waals surface area contributed by atoms with E-state index < -0.39 is 0 Å². The average Bonchev–Trinajstić information content (AvgIpc) is 3.43. The van der Waals surface area contributed by atoms with E-state index in [1.54, 1.807) is 22.2 Å². The minimum Gasteiger partial charge on any atom is -0.355 e. The highest BCUT2D eigenvalue weighted by Crippen LogP contribution is 2.29. The summed E-state index contributed by atoms with van der Waals surface area (Å²) in [5.41, 5.74) is 3.01. The fourth-order valence-electron chi connectivity index (χ4n) is 4.02. The van der Waals surface area contributed by atoms with Crippen molar-refractivity contribution in [3.05, 3.63) is 42.2 Å². The SMILES string of the molecule is CCCCc1ccc2nc(NC(=O)C3CCN(c4ccc5nncn5n4)CC3)sc2c1. The van der Waals surface area contributed by atoms with Crippen molar-refractivity contribution in [2.24, 2.45) is 5.92 Å². The second kappa shape index (κ2) is 8.58. The number of anilines is 2. The van der Waals surface area contributed by atoms with E-state index in [9.17, 15) is 4.79 Å². The molecule has 1 aliphatic rings. The molecule has 1 amide bonds. The number of fused-ring (bicyclic) bond motifs is 2.